The zero-order chi connectivity index (χ0) is 19.2. The van der Waals surface area contributed by atoms with Crippen LogP contribution < -0.4 is 15.4 Å². The van der Waals surface area contributed by atoms with Crippen LogP contribution in [0.5, 0.6) is 11.6 Å². The van der Waals surface area contributed by atoms with E-state index in [0.29, 0.717) is 27.9 Å². The van der Waals surface area contributed by atoms with Gasteiger partial charge in [-0.25, -0.2) is 4.98 Å². The fourth-order valence-electron chi connectivity index (χ4n) is 2.33. The highest BCUT2D eigenvalue weighted by Crippen LogP contribution is 2.22. The molecule has 0 saturated heterocycles. The van der Waals surface area contributed by atoms with Crippen molar-refractivity contribution in [3.8, 4) is 11.6 Å². The van der Waals surface area contributed by atoms with Crippen LogP contribution in [0.15, 0.2) is 66.9 Å². The van der Waals surface area contributed by atoms with Crippen molar-refractivity contribution in [2.24, 2.45) is 0 Å². The molecule has 2 N–H and O–H groups in total. The second-order valence-corrected chi connectivity index (χ2v) is 5.96. The largest absolute Gasteiger partial charge is 0.439 e. The van der Waals surface area contributed by atoms with Crippen molar-refractivity contribution < 1.29 is 14.3 Å². The molecule has 7 heteroatoms. The lowest BCUT2D eigenvalue weighted by molar-refractivity contribution is 0.0964. The molecule has 3 aromatic rings. The zero-order valence-electron chi connectivity index (χ0n) is 14.4. The Hall–Kier alpha value is -3.38. The van der Waals surface area contributed by atoms with Gasteiger partial charge in [-0.1, -0.05) is 29.8 Å². The Bertz CT molecular complexity index is 960. The lowest BCUT2D eigenvalue weighted by Crippen LogP contribution is -2.21. The number of halogens is 1. The van der Waals surface area contributed by atoms with Crippen LogP contribution in [0.2, 0.25) is 5.02 Å². The summed E-state index contributed by atoms with van der Waals surface area (Å²) in [6.45, 7) is 0. The van der Waals surface area contributed by atoms with E-state index < -0.39 is 5.91 Å². The van der Waals surface area contributed by atoms with Gasteiger partial charge in [-0.3, -0.25) is 9.59 Å². The normalized spacial score (nSPS) is 10.1. The average Bonchev–Trinajstić information content (AvgIpc) is 2.70. The molecule has 0 bridgehead atoms. The highest BCUT2D eigenvalue weighted by Gasteiger charge is 2.14. The van der Waals surface area contributed by atoms with Crippen LogP contribution in [-0.2, 0) is 0 Å². The van der Waals surface area contributed by atoms with E-state index in [2.05, 4.69) is 15.6 Å². The first-order valence-electron chi connectivity index (χ1n) is 8.09. The van der Waals surface area contributed by atoms with Gasteiger partial charge in [-0.2, -0.15) is 0 Å². The second-order valence-electron chi connectivity index (χ2n) is 5.52. The molecule has 0 saturated carbocycles. The first kappa shape index (κ1) is 18.4. The number of amides is 2. The van der Waals surface area contributed by atoms with Crippen LogP contribution in [0.25, 0.3) is 0 Å². The highest BCUT2D eigenvalue weighted by molar-refractivity contribution is 6.31. The monoisotopic (exact) mass is 381 g/mol. The van der Waals surface area contributed by atoms with Crippen molar-refractivity contribution in [3.63, 3.8) is 0 Å². The van der Waals surface area contributed by atoms with E-state index in [-0.39, 0.29) is 11.5 Å². The molecule has 3 rings (SSSR count). The fourth-order valence-corrected chi connectivity index (χ4v) is 2.50. The standard InChI is InChI=1S/C20H16ClN3O3/c1-22-20(26)16-11-14(21)8-9-17(16)24-19(25)13-7-10-18(23-12-13)27-15-5-3-2-4-6-15/h2-12H,1H3,(H,22,26)(H,24,25). The number of para-hydroxylation sites is 1. The van der Waals surface area contributed by atoms with Gasteiger partial charge >= 0.3 is 0 Å². The molecule has 2 aromatic carbocycles. The summed E-state index contributed by atoms with van der Waals surface area (Å²) in [5, 5.41) is 5.61. The quantitative estimate of drug-likeness (QED) is 0.696. The summed E-state index contributed by atoms with van der Waals surface area (Å²) >= 11 is 5.94. The second kappa shape index (κ2) is 8.33. The smallest absolute Gasteiger partial charge is 0.257 e. The molecule has 0 atom stereocenters. The number of nitrogens with zero attached hydrogens (tertiary/aromatic N) is 1. The van der Waals surface area contributed by atoms with Crippen LogP contribution in [0.1, 0.15) is 20.7 Å². The number of carbonyl (C=O) groups excluding carboxylic acids is 2. The number of pyridine rings is 1. The number of hydrogen-bond donors (Lipinski definition) is 2. The summed E-state index contributed by atoms with van der Waals surface area (Å²) in [6, 6.07) is 17.1. The number of aromatic nitrogens is 1. The Balaban J connectivity index is 1.74. The van der Waals surface area contributed by atoms with Crippen molar-refractivity contribution in [2.45, 2.75) is 0 Å². The van der Waals surface area contributed by atoms with E-state index in [1.54, 1.807) is 24.3 Å². The maximum atomic E-state index is 12.5. The lowest BCUT2D eigenvalue weighted by atomic mass is 10.1. The van der Waals surface area contributed by atoms with Gasteiger partial charge in [0.05, 0.1) is 16.8 Å². The molecule has 27 heavy (non-hydrogen) atoms. The Morgan fingerprint density at radius 2 is 1.78 bits per heavy atom. The van der Waals surface area contributed by atoms with E-state index in [9.17, 15) is 9.59 Å². The molecule has 0 aliphatic rings. The number of anilines is 1. The fraction of sp³-hybridized carbons (Fsp3) is 0.0500. The molecule has 1 aromatic heterocycles. The van der Waals surface area contributed by atoms with Gasteiger partial charge in [0.15, 0.2) is 0 Å². The van der Waals surface area contributed by atoms with Gasteiger partial charge in [0.1, 0.15) is 5.75 Å². The number of carbonyl (C=O) groups is 2. The zero-order valence-corrected chi connectivity index (χ0v) is 15.2. The Kier molecular flexibility index (Phi) is 5.68. The highest BCUT2D eigenvalue weighted by atomic mass is 35.5. The van der Waals surface area contributed by atoms with E-state index in [1.165, 1.54) is 19.3 Å². The third kappa shape index (κ3) is 4.62. The maximum Gasteiger partial charge on any atom is 0.257 e. The van der Waals surface area contributed by atoms with Crippen molar-refractivity contribution in [3.05, 3.63) is 83.0 Å². The van der Waals surface area contributed by atoms with Gasteiger partial charge in [0.25, 0.3) is 11.8 Å². The van der Waals surface area contributed by atoms with E-state index in [4.69, 9.17) is 16.3 Å². The van der Waals surface area contributed by atoms with Crippen LogP contribution in [-0.4, -0.2) is 23.8 Å². The summed E-state index contributed by atoms with van der Waals surface area (Å²) in [5.41, 5.74) is 0.955. The third-order valence-corrected chi connectivity index (χ3v) is 3.90. The molecule has 2 amide bonds. The number of ether oxygens (including phenoxy) is 1. The first-order chi connectivity index (χ1) is 13.1. The minimum absolute atomic E-state index is 0.273. The van der Waals surface area contributed by atoms with Crippen LogP contribution in [0, 0.1) is 0 Å². The van der Waals surface area contributed by atoms with Crippen molar-refractivity contribution in [2.75, 3.05) is 12.4 Å². The van der Waals surface area contributed by atoms with Crippen molar-refractivity contribution in [1.29, 1.82) is 0 Å². The summed E-state index contributed by atoms with van der Waals surface area (Å²) < 4.78 is 5.60. The van der Waals surface area contributed by atoms with Gasteiger partial charge in [0, 0.05) is 24.3 Å². The Labute approximate surface area is 161 Å². The van der Waals surface area contributed by atoms with Gasteiger partial charge in [0.2, 0.25) is 5.88 Å². The van der Waals surface area contributed by atoms with Crippen LogP contribution >= 0.6 is 11.6 Å². The van der Waals surface area contributed by atoms with Crippen molar-refractivity contribution >= 4 is 29.1 Å². The Morgan fingerprint density at radius 1 is 1.00 bits per heavy atom. The summed E-state index contributed by atoms with van der Waals surface area (Å²) in [4.78, 5) is 28.6. The summed E-state index contributed by atoms with van der Waals surface area (Å²) in [5.74, 6) is 0.271. The van der Waals surface area contributed by atoms with Crippen molar-refractivity contribution in [1.82, 2.24) is 10.3 Å². The molecular formula is C20H16ClN3O3. The minimum atomic E-state index is -0.402. The molecule has 0 aliphatic heterocycles. The number of hydrogen-bond acceptors (Lipinski definition) is 4. The molecule has 0 radical (unpaired) electrons. The lowest BCUT2D eigenvalue weighted by Gasteiger charge is -2.11. The summed E-state index contributed by atoms with van der Waals surface area (Å²) in [7, 11) is 1.50. The molecule has 6 nitrogen and oxygen atoms in total. The molecule has 0 spiro atoms. The number of benzene rings is 2. The SMILES string of the molecule is CNC(=O)c1cc(Cl)ccc1NC(=O)c1ccc(Oc2ccccc2)nc1. The third-order valence-electron chi connectivity index (χ3n) is 3.67. The predicted octanol–water partition coefficient (Wildman–Crippen LogP) is 4.14. The van der Waals surface area contributed by atoms with E-state index >= 15 is 0 Å². The minimum Gasteiger partial charge on any atom is -0.439 e. The van der Waals surface area contributed by atoms with Gasteiger partial charge in [-0.15, -0.1) is 0 Å². The number of nitrogens with one attached hydrogen (secondary N) is 2. The number of rotatable bonds is 5. The Morgan fingerprint density at radius 3 is 2.44 bits per heavy atom. The first-order valence-corrected chi connectivity index (χ1v) is 8.46. The average molecular weight is 382 g/mol. The van der Waals surface area contributed by atoms with E-state index in [1.807, 2.05) is 30.3 Å². The predicted molar refractivity (Wildman–Crippen MR) is 104 cm³/mol. The van der Waals surface area contributed by atoms with Gasteiger partial charge in [-0.05, 0) is 36.4 Å². The summed E-state index contributed by atoms with van der Waals surface area (Å²) in [6.07, 6.45) is 1.41. The van der Waals surface area contributed by atoms with Gasteiger partial charge < -0.3 is 15.4 Å². The molecule has 0 aliphatic carbocycles. The molecule has 0 fully saturated rings. The molecule has 0 unspecified atom stereocenters. The van der Waals surface area contributed by atoms with Crippen LogP contribution in [0.4, 0.5) is 5.69 Å². The topological polar surface area (TPSA) is 80.3 Å². The van der Waals surface area contributed by atoms with E-state index in [0.717, 1.165) is 0 Å². The van der Waals surface area contributed by atoms with Crippen LogP contribution in [0.3, 0.4) is 0 Å². The molecule has 136 valence electrons. The molecule has 1 heterocycles. The maximum absolute atomic E-state index is 12.5. The molecular weight excluding hydrogens is 366 g/mol.